The second kappa shape index (κ2) is 11.2. The number of ether oxygens (including phenoxy) is 1. The van der Waals surface area contributed by atoms with Gasteiger partial charge in [0.2, 0.25) is 0 Å². The fourth-order valence-corrected chi connectivity index (χ4v) is 5.91. The SMILES string of the molecule is Cc1c(C(c2ccc(Cl)c(CN3CCOc4cc5cccnc5cc4C3)c2)C(C)(C)C(=O)O)ccc(N(C)N)c1N. The van der Waals surface area contributed by atoms with Crippen LogP contribution in [0, 0.1) is 12.3 Å². The van der Waals surface area contributed by atoms with Crippen LogP contribution in [0.5, 0.6) is 5.75 Å². The number of carboxylic acid groups (broad SMARTS) is 1. The highest BCUT2D eigenvalue weighted by Crippen LogP contribution is 2.45. The van der Waals surface area contributed by atoms with E-state index in [1.807, 2.05) is 49.4 Å². The Morgan fingerprint density at radius 2 is 2.00 bits per heavy atom. The number of nitrogens with two attached hydrogens (primary N) is 2. The average Bonchev–Trinajstić information content (AvgIpc) is 3.12. The summed E-state index contributed by atoms with van der Waals surface area (Å²) in [6, 6.07) is 17.7. The maximum absolute atomic E-state index is 12.6. The van der Waals surface area contributed by atoms with Gasteiger partial charge in [-0.3, -0.25) is 14.7 Å². The summed E-state index contributed by atoms with van der Waals surface area (Å²) >= 11 is 6.75. The molecule has 1 aliphatic heterocycles. The van der Waals surface area contributed by atoms with E-state index in [1.54, 1.807) is 27.1 Å². The van der Waals surface area contributed by atoms with E-state index in [0.29, 0.717) is 42.6 Å². The van der Waals surface area contributed by atoms with Crippen LogP contribution >= 0.6 is 11.6 Å². The van der Waals surface area contributed by atoms with Crippen LogP contribution < -0.4 is 21.3 Å². The van der Waals surface area contributed by atoms with Crippen molar-refractivity contribution < 1.29 is 14.6 Å². The van der Waals surface area contributed by atoms with Gasteiger partial charge in [-0.25, -0.2) is 5.84 Å². The molecular formula is C32H36ClN5O3. The van der Waals surface area contributed by atoms with E-state index >= 15 is 0 Å². The predicted octanol–water partition coefficient (Wildman–Crippen LogP) is 5.73. The summed E-state index contributed by atoms with van der Waals surface area (Å²) in [6.45, 7) is 7.91. The number of hydrogen-bond acceptors (Lipinski definition) is 7. The number of halogens is 1. The zero-order valence-corrected chi connectivity index (χ0v) is 24.6. The van der Waals surface area contributed by atoms with Gasteiger partial charge in [0, 0.05) is 54.8 Å². The number of hydrazine groups is 1. The molecule has 0 fully saturated rings. The molecule has 5 rings (SSSR count). The van der Waals surface area contributed by atoms with Crippen molar-refractivity contribution in [2.75, 3.05) is 30.9 Å². The van der Waals surface area contributed by atoms with Gasteiger partial charge < -0.3 is 20.6 Å². The Labute approximate surface area is 245 Å². The van der Waals surface area contributed by atoms with Gasteiger partial charge in [0.25, 0.3) is 0 Å². The second-order valence-electron chi connectivity index (χ2n) is 11.3. The van der Waals surface area contributed by atoms with Gasteiger partial charge in [-0.05, 0) is 73.4 Å². The fraction of sp³-hybridized carbons (Fsp3) is 0.312. The number of anilines is 2. The molecule has 1 aliphatic rings. The second-order valence-corrected chi connectivity index (χ2v) is 11.8. The van der Waals surface area contributed by atoms with Crippen LogP contribution in [-0.2, 0) is 17.9 Å². The highest BCUT2D eigenvalue weighted by Gasteiger charge is 2.40. The number of aromatic nitrogens is 1. The molecule has 0 aliphatic carbocycles. The Kier molecular flexibility index (Phi) is 7.83. The van der Waals surface area contributed by atoms with Gasteiger partial charge in [-0.1, -0.05) is 35.9 Å². The summed E-state index contributed by atoms with van der Waals surface area (Å²) in [5, 5.41) is 13.4. The molecule has 8 nitrogen and oxygen atoms in total. The standard InChI is InChI=1S/C32H36ClN5O3/c1-19-24(8-10-27(30(19)34)37(4)35)29(32(2,3)31(39)40)21-7-9-25(33)22(14-21)17-38-12-13-41-28-16-20-6-5-11-36-26(20)15-23(28)18-38/h5-11,14-16,29H,12-13,17-18,34-35H2,1-4H3,(H,39,40). The summed E-state index contributed by atoms with van der Waals surface area (Å²) in [6.07, 6.45) is 1.79. The Hall–Kier alpha value is -3.85. The maximum Gasteiger partial charge on any atom is 0.310 e. The zero-order valence-electron chi connectivity index (χ0n) is 23.8. The van der Waals surface area contributed by atoms with Gasteiger partial charge >= 0.3 is 5.97 Å². The van der Waals surface area contributed by atoms with E-state index < -0.39 is 17.3 Å². The summed E-state index contributed by atoms with van der Waals surface area (Å²) in [4.78, 5) is 19.4. The van der Waals surface area contributed by atoms with Crippen molar-refractivity contribution in [3.05, 3.63) is 93.6 Å². The molecule has 41 heavy (non-hydrogen) atoms. The van der Waals surface area contributed by atoms with Crippen LogP contribution in [0.1, 0.15) is 47.6 Å². The molecule has 0 spiro atoms. The largest absolute Gasteiger partial charge is 0.492 e. The highest BCUT2D eigenvalue weighted by molar-refractivity contribution is 6.31. The van der Waals surface area contributed by atoms with Crippen molar-refractivity contribution in [3.8, 4) is 5.75 Å². The van der Waals surface area contributed by atoms with E-state index in [1.165, 1.54) is 5.01 Å². The van der Waals surface area contributed by atoms with Crippen LogP contribution in [-0.4, -0.2) is 41.2 Å². The summed E-state index contributed by atoms with van der Waals surface area (Å²) in [5.41, 5.74) is 12.0. The van der Waals surface area contributed by atoms with Crippen molar-refractivity contribution in [3.63, 3.8) is 0 Å². The molecule has 1 aromatic heterocycles. The number of pyridine rings is 1. The molecule has 4 aromatic rings. The van der Waals surface area contributed by atoms with Gasteiger partial charge in [-0.15, -0.1) is 0 Å². The number of aliphatic carboxylic acids is 1. The fourth-order valence-electron chi connectivity index (χ4n) is 5.74. The maximum atomic E-state index is 12.6. The molecule has 0 saturated heterocycles. The average molecular weight is 574 g/mol. The third-order valence-electron chi connectivity index (χ3n) is 8.14. The molecule has 3 aromatic carbocycles. The summed E-state index contributed by atoms with van der Waals surface area (Å²) in [7, 11) is 1.72. The summed E-state index contributed by atoms with van der Waals surface area (Å²) in [5.74, 6) is 5.46. The van der Waals surface area contributed by atoms with E-state index in [2.05, 4.69) is 22.0 Å². The van der Waals surface area contributed by atoms with Crippen LogP contribution in [0.2, 0.25) is 5.02 Å². The number of hydrogen-bond donors (Lipinski definition) is 3. The predicted molar refractivity (Wildman–Crippen MR) is 164 cm³/mol. The smallest absolute Gasteiger partial charge is 0.310 e. The van der Waals surface area contributed by atoms with Gasteiger partial charge in [0.15, 0.2) is 0 Å². The van der Waals surface area contributed by atoms with Gasteiger partial charge in [0.05, 0.1) is 22.3 Å². The first-order valence-electron chi connectivity index (χ1n) is 13.6. The van der Waals surface area contributed by atoms with Crippen molar-refractivity contribution >= 4 is 39.8 Å². The van der Waals surface area contributed by atoms with Gasteiger partial charge in [0.1, 0.15) is 12.4 Å². The molecule has 5 N–H and O–H groups in total. The minimum absolute atomic E-state index is 0.485. The molecule has 0 bridgehead atoms. The van der Waals surface area contributed by atoms with Crippen molar-refractivity contribution in [2.45, 2.75) is 39.8 Å². The molecule has 0 radical (unpaired) electrons. The zero-order chi connectivity index (χ0) is 29.5. The first-order chi connectivity index (χ1) is 19.5. The van der Waals surface area contributed by atoms with Crippen LogP contribution in [0.15, 0.2) is 60.8 Å². The Bertz CT molecular complexity index is 1620. The lowest BCUT2D eigenvalue weighted by atomic mass is 9.70. The van der Waals surface area contributed by atoms with E-state index in [9.17, 15) is 9.90 Å². The van der Waals surface area contributed by atoms with Crippen molar-refractivity contribution in [1.29, 1.82) is 0 Å². The van der Waals surface area contributed by atoms with Crippen LogP contribution in [0.4, 0.5) is 11.4 Å². The summed E-state index contributed by atoms with van der Waals surface area (Å²) < 4.78 is 6.10. The van der Waals surface area contributed by atoms with Crippen LogP contribution in [0.25, 0.3) is 10.9 Å². The Morgan fingerprint density at radius 3 is 2.73 bits per heavy atom. The quantitative estimate of drug-likeness (QED) is 0.146. The third-order valence-corrected chi connectivity index (χ3v) is 8.51. The number of carbonyl (C=O) groups is 1. The molecular weight excluding hydrogens is 538 g/mol. The normalized spacial score (nSPS) is 14.7. The molecule has 9 heteroatoms. The number of benzene rings is 3. The van der Waals surface area contributed by atoms with E-state index in [0.717, 1.165) is 44.5 Å². The molecule has 0 saturated carbocycles. The molecule has 1 atom stereocenters. The first-order valence-corrected chi connectivity index (χ1v) is 14.0. The number of nitrogens with zero attached hydrogens (tertiary/aromatic N) is 3. The Morgan fingerprint density at radius 1 is 1.22 bits per heavy atom. The topological polar surface area (TPSA) is 118 Å². The van der Waals surface area contributed by atoms with Crippen molar-refractivity contribution in [2.24, 2.45) is 11.3 Å². The van der Waals surface area contributed by atoms with E-state index in [4.69, 9.17) is 27.9 Å². The monoisotopic (exact) mass is 573 g/mol. The molecule has 214 valence electrons. The number of rotatable bonds is 7. The number of carboxylic acids is 1. The minimum atomic E-state index is -1.14. The van der Waals surface area contributed by atoms with Crippen molar-refractivity contribution in [1.82, 2.24) is 9.88 Å². The van der Waals surface area contributed by atoms with E-state index in [-0.39, 0.29) is 0 Å². The lowest BCUT2D eigenvalue weighted by Crippen LogP contribution is -2.33. The first kappa shape index (κ1) is 28.7. The lowest BCUT2D eigenvalue weighted by molar-refractivity contribution is -0.147. The van der Waals surface area contributed by atoms with Crippen LogP contribution in [0.3, 0.4) is 0 Å². The Balaban J connectivity index is 1.52. The lowest BCUT2D eigenvalue weighted by Gasteiger charge is -2.34. The molecule has 1 unspecified atom stereocenters. The minimum Gasteiger partial charge on any atom is -0.492 e. The number of fused-ring (bicyclic) bond motifs is 2. The molecule has 2 heterocycles. The van der Waals surface area contributed by atoms with Gasteiger partial charge in [-0.2, -0.15) is 0 Å². The number of nitrogen functional groups attached to an aromatic ring is 1. The third kappa shape index (κ3) is 5.55. The highest BCUT2D eigenvalue weighted by atomic mass is 35.5. The molecule has 0 amide bonds.